The molecule has 0 bridgehead atoms. The first-order valence-electron chi connectivity index (χ1n) is 8.42. The largest absolute Gasteiger partial charge is 0.322 e. The standard InChI is InChI=1S/C18H18N2O2.C2H6.H2/c1-13-8-10-14(11-9-13)19-18(22)15-5-2-3-6-16(15)20-12-4-7-17(20)21;1-2;/h2-3,5-6,8-11H,4,7,12H2,1H3,(H,19,22);1-2H3;1H. The third kappa shape index (κ3) is 4.02. The third-order valence-corrected chi connectivity index (χ3v) is 3.82. The maximum atomic E-state index is 12.5. The molecule has 0 atom stereocenters. The van der Waals surface area contributed by atoms with Gasteiger partial charge in [-0.25, -0.2) is 0 Å². The molecule has 1 heterocycles. The summed E-state index contributed by atoms with van der Waals surface area (Å²) in [4.78, 5) is 26.2. The van der Waals surface area contributed by atoms with Crippen LogP contribution in [0.25, 0.3) is 0 Å². The van der Waals surface area contributed by atoms with Gasteiger partial charge in [0.2, 0.25) is 5.91 Å². The Morgan fingerprint density at radius 2 is 1.75 bits per heavy atom. The molecule has 1 saturated heterocycles. The molecule has 3 rings (SSSR count). The minimum atomic E-state index is -0.195. The molecule has 4 heteroatoms. The van der Waals surface area contributed by atoms with Gasteiger partial charge in [-0.05, 0) is 37.6 Å². The number of rotatable bonds is 3. The van der Waals surface area contributed by atoms with E-state index in [2.05, 4.69) is 5.32 Å². The predicted molar refractivity (Wildman–Crippen MR) is 101 cm³/mol. The Hall–Kier alpha value is -2.62. The molecule has 2 amide bonds. The van der Waals surface area contributed by atoms with Crippen molar-refractivity contribution in [3.8, 4) is 0 Å². The van der Waals surface area contributed by atoms with Gasteiger partial charge < -0.3 is 10.2 Å². The van der Waals surface area contributed by atoms with Crippen LogP contribution in [-0.4, -0.2) is 18.4 Å². The highest BCUT2D eigenvalue weighted by Gasteiger charge is 2.25. The summed E-state index contributed by atoms with van der Waals surface area (Å²) in [6.07, 6.45) is 1.39. The maximum absolute atomic E-state index is 12.5. The normalized spacial score (nSPS) is 13.3. The summed E-state index contributed by atoms with van der Waals surface area (Å²) >= 11 is 0. The van der Waals surface area contributed by atoms with E-state index in [1.807, 2.05) is 63.2 Å². The average Bonchev–Trinajstić information content (AvgIpc) is 3.04. The lowest BCUT2D eigenvalue weighted by molar-refractivity contribution is -0.117. The number of aryl methyl sites for hydroxylation is 1. The predicted octanol–water partition coefficient (Wildman–Crippen LogP) is 4.65. The average molecular weight is 326 g/mol. The zero-order valence-electron chi connectivity index (χ0n) is 14.5. The molecule has 0 unspecified atom stereocenters. The molecular weight excluding hydrogens is 300 g/mol. The topological polar surface area (TPSA) is 49.4 Å². The molecule has 128 valence electrons. The summed E-state index contributed by atoms with van der Waals surface area (Å²) in [5.41, 5.74) is 3.10. The van der Waals surface area contributed by atoms with Crippen molar-refractivity contribution in [1.29, 1.82) is 0 Å². The van der Waals surface area contributed by atoms with Crippen LogP contribution in [-0.2, 0) is 4.79 Å². The van der Waals surface area contributed by atoms with Crippen LogP contribution in [0.2, 0.25) is 0 Å². The second kappa shape index (κ2) is 8.29. The Kier molecular flexibility index (Phi) is 6.13. The fourth-order valence-corrected chi connectivity index (χ4v) is 2.64. The second-order valence-corrected chi connectivity index (χ2v) is 5.49. The number of amides is 2. The summed E-state index contributed by atoms with van der Waals surface area (Å²) in [5, 5.41) is 2.89. The molecule has 1 fully saturated rings. The fraction of sp³-hybridized carbons (Fsp3) is 0.300. The van der Waals surface area contributed by atoms with Crippen LogP contribution >= 0.6 is 0 Å². The zero-order valence-corrected chi connectivity index (χ0v) is 14.5. The zero-order chi connectivity index (χ0) is 17.5. The SMILES string of the molecule is CC.Cc1ccc(NC(=O)c2ccccc2N2CCCC2=O)cc1.[HH]. The Morgan fingerprint density at radius 1 is 1.08 bits per heavy atom. The molecule has 0 aliphatic carbocycles. The molecule has 2 aromatic rings. The molecule has 4 nitrogen and oxygen atoms in total. The van der Waals surface area contributed by atoms with E-state index in [-0.39, 0.29) is 13.2 Å². The Bertz CT molecular complexity index is 714. The summed E-state index contributed by atoms with van der Waals surface area (Å²) in [6.45, 7) is 6.67. The molecule has 0 aromatic heterocycles. The van der Waals surface area contributed by atoms with E-state index in [9.17, 15) is 9.59 Å². The molecule has 0 spiro atoms. The highest BCUT2D eigenvalue weighted by atomic mass is 16.2. The van der Waals surface area contributed by atoms with Gasteiger partial charge in [0.25, 0.3) is 5.91 Å². The van der Waals surface area contributed by atoms with Crippen LogP contribution in [0.4, 0.5) is 11.4 Å². The number of hydrogen-bond acceptors (Lipinski definition) is 2. The number of nitrogens with zero attached hydrogens (tertiary/aromatic N) is 1. The van der Waals surface area contributed by atoms with E-state index in [1.165, 1.54) is 0 Å². The van der Waals surface area contributed by atoms with Crippen LogP contribution in [0, 0.1) is 6.92 Å². The highest BCUT2D eigenvalue weighted by molar-refractivity contribution is 6.11. The van der Waals surface area contributed by atoms with E-state index < -0.39 is 0 Å². The minimum Gasteiger partial charge on any atom is -0.322 e. The summed E-state index contributed by atoms with van der Waals surface area (Å²) in [7, 11) is 0. The molecule has 1 aliphatic rings. The fourth-order valence-electron chi connectivity index (χ4n) is 2.64. The Morgan fingerprint density at radius 3 is 2.38 bits per heavy atom. The molecule has 0 radical (unpaired) electrons. The summed E-state index contributed by atoms with van der Waals surface area (Å²) in [6, 6.07) is 14.9. The first-order valence-corrected chi connectivity index (χ1v) is 8.42. The molecule has 24 heavy (non-hydrogen) atoms. The van der Waals surface area contributed by atoms with E-state index >= 15 is 0 Å². The molecule has 1 N–H and O–H groups in total. The molecule has 2 aromatic carbocycles. The van der Waals surface area contributed by atoms with Gasteiger partial charge in [-0.1, -0.05) is 43.7 Å². The quantitative estimate of drug-likeness (QED) is 0.893. The van der Waals surface area contributed by atoms with Gasteiger partial charge in [0, 0.05) is 20.1 Å². The molecule has 0 saturated carbocycles. The Balaban J connectivity index is 0.00000101. The first-order chi connectivity index (χ1) is 11.6. The minimum absolute atomic E-state index is 0. The van der Waals surface area contributed by atoms with E-state index in [4.69, 9.17) is 0 Å². The van der Waals surface area contributed by atoms with Crippen molar-refractivity contribution >= 4 is 23.2 Å². The summed E-state index contributed by atoms with van der Waals surface area (Å²) in [5.74, 6) is -0.116. The van der Waals surface area contributed by atoms with Crippen molar-refractivity contribution < 1.29 is 11.0 Å². The van der Waals surface area contributed by atoms with E-state index in [0.717, 1.165) is 17.7 Å². The highest BCUT2D eigenvalue weighted by Crippen LogP contribution is 2.26. The van der Waals surface area contributed by atoms with Crippen molar-refractivity contribution in [1.82, 2.24) is 0 Å². The van der Waals surface area contributed by atoms with Crippen LogP contribution in [0.1, 0.15) is 44.0 Å². The van der Waals surface area contributed by atoms with Crippen LogP contribution in [0.5, 0.6) is 0 Å². The van der Waals surface area contributed by atoms with Crippen molar-refractivity contribution in [2.75, 3.05) is 16.8 Å². The summed E-state index contributed by atoms with van der Waals surface area (Å²) < 4.78 is 0. The Labute approximate surface area is 145 Å². The number of benzene rings is 2. The van der Waals surface area contributed by atoms with Crippen molar-refractivity contribution in [3.63, 3.8) is 0 Å². The van der Waals surface area contributed by atoms with Gasteiger partial charge in [-0.2, -0.15) is 0 Å². The number of anilines is 2. The van der Waals surface area contributed by atoms with E-state index in [1.54, 1.807) is 11.0 Å². The van der Waals surface area contributed by atoms with Crippen molar-refractivity contribution in [2.24, 2.45) is 0 Å². The number of carbonyl (C=O) groups excluding carboxylic acids is 2. The van der Waals surface area contributed by atoms with E-state index in [0.29, 0.717) is 24.2 Å². The lowest BCUT2D eigenvalue weighted by atomic mass is 10.1. The van der Waals surface area contributed by atoms with Crippen molar-refractivity contribution in [2.45, 2.75) is 33.6 Å². The number of para-hydroxylation sites is 1. The lowest BCUT2D eigenvalue weighted by Gasteiger charge is -2.19. The molecule has 1 aliphatic heterocycles. The molecular formula is C20H26N2O2. The maximum Gasteiger partial charge on any atom is 0.257 e. The van der Waals surface area contributed by atoms with Gasteiger partial charge in [-0.3, -0.25) is 9.59 Å². The number of hydrogen-bond donors (Lipinski definition) is 1. The first kappa shape index (κ1) is 17.7. The van der Waals surface area contributed by atoms with Crippen LogP contribution < -0.4 is 10.2 Å². The number of carbonyl (C=O) groups is 2. The van der Waals surface area contributed by atoms with Gasteiger partial charge in [-0.15, -0.1) is 0 Å². The smallest absolute Gasteiger partial charge is 0.257 e. The lowest BCUT2D eigenvalue weighted by Crippen LogP contribution is -2.27. The third-order valence-electron chi connectivity index (χ3n) is 3.82. The van der Waals surface area contributed by atoms with Gasteiger partial charge in [0.05, 0.1) is 11.3 Å². The second-order valence-electron chi connectivity index (χ2n) is 5.49. The van der Waals surface area contributed by atoms with Crippen LogP contribution in [0.3, 0.4) is 0 Å². The van der Waals surface area contributed by atoms with Crippen LogP contribution in [0.15, 0.2) is 48.5 Å². The van der Waals surface area contributed by atoms with Gasteiger partial charge in [0.15, 0.2) is 0 Å². The van der Waals surface area contributed by atoms with Gasteiger partial charge >= 0.3 is 0 Å². The van der Waals surface area contributed by atoms with Gasteiger partial charge in [0.1, 0.15) is 0 Å². The van der Waals surface area contributed by atoms with Crippen molar-refractivity contribution in [3.05, 3.63) is 59.7 Å². The monoisotopic (exact) mass is 326 g/mol. The number of nitrogens with one attached hydrogen (secondary N) is 1.